The molecule has 0 aliphatic heterocycles. The molecule has 0 saturated carbocycles. The topological polar surface area (TPSA) is 191 Å². The number of imidazole rings is 2. The number of nitrogen functional groups attached to an aromatic ring is 2. The molecule has 222 valence electrons. The minimum Gasteiger partial charge on any atom is -0.382 e. The number of hydrogen-bond acceptors (Lipinski definition) is 11. The van der Waals surface area contributed by atoms with E-state index in [9.17, 15) is 9.59 Å². The van der Waals surface area contributed by atoms with Gasteiger partial charge in [-0.2, -0.15) is 0 Å². The predicted molar refractivity (Wildman–Crippen MR) is 165 cm³/mol. The van der Waals surface area contributed by atoms with E-state index in [-0.39, 0.29) is 18.0 Å². The van der Waals surface area contributed by atoms with Crippen LogP contribution >= 0.6 is 0 Å². The molecule has 1 aromatic carbocycles. The molecule has 4 N–H and O–H groups in total. The highest BCUT2D eigenvalue weighted by molar-refractivity contribution is 5.85. The number of aliphatic imine (C=N–C) groups is 1. The summed E-state index contributed by atoms with van der Waals surface area (Å²) in [4.78, 5) is 54.8. The van der Waals surface area contributed by atoms with E-state index in [1.165, 1.54) is 12.7 Å². The molecule has 0 aliphatic rings. The second kappa shape index (κ2) is 12.2. The average molecular weight is 591 g/mol. The number of benzene rings is 1. The van der Waals surface area contributed by atoms with Crippen LogP contribution in [-0.2, 0) is 42.6 Å². The van der Waals surface area contributed by atoms with Gasteiger partial charge >= 0.3 is 0 Å². The molecule has 14 nitrogen and oxygen atoms in total. The van der Waals surface area contributed by atoms with E-state index >= 15 is 0 Å². The van der Waals surface area contributed by atoms with E-state index < -0.39 is 0 Å². The first-order valence-electron chi connectivity index (χ1n) is 14.0. The highest BCUT2D eigenvalue weighted by Gasteiger charge is 2.13. The van der Waals surface area contributed by atoms with Crippen LogP contribution in [0.1, 0.15) is 29.7 Å². The van der Waals surface area contributed by atoms with Gasteiger partial charge in [-0.25, -0.2) is 34.9 Å². The summed E-state index contributed by atoms with van der Waals surface area (Å²) in [5, 5.41) is 0. The van der Waals surface area contributed by atoms with Crippen LogP contribution < -0.4 is 11.5 Å². The van der Waals surface area contributed by atoms with Crippen LogP contribution in [0, 0.1) is 0 Å². The van der Waals surface area contributed by atoms with E-state index in [4.69, 9.17) is 11.5 Å². The van der Waals surface area contributed by atoms with Gasteiger partial charge in [-0.05, 0) is 23.3 Å². The number of carbonyl (C=O) groups excluding carboxylic acids is 2. The monoisotopic (exact) mass is 590 g/mol. The maximum absolute atomic E-state index is 12.7. The van der Waals surface area contributed by atoms with E-state index in [1.54, 1.807) is 18.9 Å². The quantitative estimate of drug-likeness (QED) is 0.200. The van der Waals surface area contributed by atoms with Crippen molar-refractivity contribution >= 4 is 57.6 Å². The number of hydrogen-bond donors (Lipinski definition) is 2. The Morgan fingerprint density at radius 1 is 0.750 bits per heavy atom. The number of anilines is 2. The number of aromatic nitrogens is 9. The Morgan fingerprint density at radius 3 is 1.91 bits per heavy atom. The van der Waals surface area contributed by atoms with Crippen LogP contribution in [0.2, 0.25) is 0 Å². The summed E-state index contributed by atoms with van der Waals surface area (Å²) in [5.41, 5.74) is 16.7. The van der Waals surface area contributed by atoms with Gasteiger partial charge in [-0.1, -0.05) is 24.3 Å². The van der Waals surface area contributed by atoms with Crippen molar-refractivity contribution in [3.05, 3.63) is 78.5 Å². The number of fused-ring (bicyclic) bond motifs is 2. The van der Waals surface area contributed by atoms with Crippen LogP contribution in [0.3, 0.4) is 0 Å². The fourth-order valence-electron chi connectivity index (χ4n) is 4.93. The number of ketones is 2. The molecule has 0 aliphatic carbocycles. The fourth-order valence-corrected chi connectivity index (χ4v) is 4.93. The van der Waals surface area contributed by atoms with Crippen LogP contribution in [-0.4, -0.2) is 61.4 Å². The Balaban J connectivity index is 0.995. The average Bonchev–Trinajstić information content (AvgIpc) is 3.73. The van der Waals surface area contributed by atoms with Crippen LogP contribution in [0.4, 0.5) is 17.5 Å². The molecule has 0 amide bonds. The molecule has 0 saturated heterocycles. The fraction of sp³-hybridized carbons (Fsp3) is 0.233. The third-order valence-electron chi connectivity index (χ3n) is 7.43. The lowest BCUT2D eigenvalue weighted by Gasteiger charge is -2.06. The van der Waals surface area contributed by atoms with Crippen molar-refractivity contribution in [2.45, 2.75) is 38.8 Å². The molecule has 5 aromatic heterocycles. The number of aryl methyl sites for hydroxylation is 2. The van der Waals surface area contributed by atoms with Gasteiger partial charge in [0.25, 0.3) is 0 Å². The van der Waals surface area contributed by atoms with Gasteiger partial charge in [0.2, 0.25) is 0 Å². The molecule has 0 unspecified atom stereocenters. The molecular weight excluding hydrogens is 560 g/mol. The Labute approximate surface area is 251 Å². The zero-order valence-corrected chi connectivity index (χ0v) is 24.0. The van der Waals surface area contributed by atoms with Gasteiger partial charge in [-0.3, -0.25) is 9.59 Å². The number of nitrogens with two attached hydrogens (primary N) is 2. The highest BCUT2D eigenvalue weighted by atomic mass is 16.1. The molecule has 6 aromatic rings. The summed E-state index contributed by atoms with van der Waals surface area (Å²) < 4.78 is 5.53. The molecule has 44 heavy (non-hydrogen) atoms. The first-order chi connectivity index (χ1) is 21.4. The zero-order valence-electron chi connectivity index (χ0n) is 24.0. The van der Waals surface area contributed by atoms with E-state index in [0.29, 0.717) is 66.3 Å². The molecule has 6 rings (SSSR count). The SMILES string of the molecule is Cn1c(CC(=O)CCn2cnc3c(N)ncnc32)ccc1N=Cc1ccc(CC(=O)CCn2cnc3c(N)ncnc32)cc1. The summed E-state index contributed by atoms with van der Waals surface area (Å²) in [6.45, 7) is 0.920. The summed E-state index contributed by atoms with van der Waals surface area (Å²) in [7, 11) is 1.89. The van der Waals surface area contributed by atoms with Gasteiger partial charge in [0.05, 0.1) is 12.7 Å². The molecular formula is C30H30N12O2. The van der Waals surface area contributed by atoms with Crippen molar-refractivity contribution in [1.82, 2.24) is 43.6 Å². The molecule has 0 radical (unpaired) electrons. The lowest BCUT2D eigenvalue weighted by atomic mass is 10.1. The molecule has 0 atom stereocenters. The molecule has 0 bridgehead atoms. The smallest absolute Gasteiger partial charge is 0.165 e. The maximum atomic E-state index is 12.7. The van der Waals surface area contributed by atoms with Crippen molar-refractivity contribution in [1.29, 1.82) is 0 Å². The van der Waals surface area contributed by atoms with Gasteiger partial charge < -0.3 is 25.2 Å². The van der Waals surface area contributed by atoms with Crippen LogP contribution in [0.15, 0.2) is 66.7 Å². The van der Waals surface area contributed by atoms with Crippen molar-refractivity contribution < 1.29 is 9.59 Å². The summed E-state index contributed by atoms with van der Waals surface area (Å²) >= 11 is 0. The Hall–Kier alpha value is -5.79. The first kappa shape index (κ1) is 28.3. The third kappa shape index (κ3) is 6.04. The summed E-state index contributed by atoms with van der Waals surface area (Å²) in [6, 6.07) is 11.5. The second-order valence-electron chi connectivity index (χ2n) is 10.4. The number of nitrogens with zero attached hydrogens (tertiary/aromatic N) is 10. The number of rotatable bonds is 12. The molecule has 0 fully saturated rings. The minimum absolute atomic E-state index is 0.0905. The van der Waals surface area contributed by atoms with Crippen LogP contribution in [0.5, 0.6) is 0 Å². The Kier molecular flexibility index (Phi) is 7.86. The molecule has 14 heteroatoms. The van der Waals surface area contributed by atoms with Crippen molar-refractivity contribution in [2.24, 2.45) is 12.0 Å². The number of carbonyl (C=O) groups is 2. The number of Topliss-reactive ketones (excluding diaryl/α,β-unsaturated/α-hetero) is 2. The predicted octanol–water partition coefficient (Wildman–Crippen LogP) is 2.62. The lowest BCUT2D eigenvalue weighted by molar-refractivity contribution is -0.119. The third-order valence-corrected chi connectivity index (χ3v) is 7.43. The second-order valence-corrected chi connectivity index (χ2v) is 10.4. The zero-order chi connectivity index (χ0) is 30.6. The normalized spacial score (nSPS) is 11.7. The Bertz CT molecular complexity index is 2000. The summed E-state index contributed by atoms with van der Waals surface area (Å²) in [6.07, 6.45) is 9.10. The van der Waals surface area contributed by atoms with Gasteiger partial charge in [0.15, 0.2) is 22.9 Å². The highest BCUT2D eigenvalue weighted by Crippen LogP contribution is 2.19. The van der Waals surface area contributed by atoms with Gasteiger partial charge in [0.1, 0.15) is 41.1 Å². The van der Waals surface area contributed by atoms with Gasteiger partial charge in [0, 0.05) is 57.7 Å². The van der Waals surface area contributed by atoms with Gasteiger partial charge in [-0.15, -0.1) is 0 Å². The van der Waals surface area contributed by atoms with Crippen molar-refractivity contribution in [2.75, 3.05) is 11.5 Å². The lowest BCUT2D eigenvalue weighted by Crippen LogP contribution is -2.10. The maximum Gasteiger partial charge on any atom is 0.165 e. The van der Waals surface area contributed by atoms with E-state index in [2.05, 4.69) is 34.9 Å². The largest absolute Gasteiger partial charge is 0.382 e. The summed E-state index contributed by atoms with van der Waals surface area (Å²) in [5.74, 6) is 1.57. The Morgan fingerprint density at radius 2 is 1.32 bits per heavy atom. The van der Waals surface area contributed by atoms with Crippen molar-refractivity contribution in [3.63, 3.8) is 0 Å². The van der Waals surface area contributed by atoms with Crippen molar-refractivity contribution in [3.8, 4) is 0 Å². The van der Waals surface area contributed by atoms with E-state index in [0.717, 1.165) is 22.6 Å². The minimum atomic E-state index is 0.0905. The molecule has 5 heterocycles. The molecule has 0 spiro atoms. The van der Waals surface area contributed by atoms with E-state index in [1.807, 2.05) is 57.1 Å². The first-order valence-corrected chi connectivity index (χ1v) is 14.0. The standard InChI is InChI=1S/C30H30N12O2/c1-40-21(13-23(44)9-11-42-18-39-26-28(32)35-16-37-30(26)42)6-7-24(40)33-14-20-4-2-19(3-5-20)12-22(43)8-10-41-17-38-25-27(31)34-15-36-29(25)41/h2-7,14-18H,8-13H2,1H3,(H2,31,34,36)(H2,32,35,37). The van der Waals surface area contributed by atoms with Crippen LogP contribution in [0.25, 0.3) is 22.3 Å².